The van der Waals surface area contributed by atoms with Gasteiger partial charge in [-0.25, -0.2) is 0 Å². The summed E-state index contributed by atoms with van der Waals surface area (Å²) in [7, 11) is 1.46. The second kappa shape index (κ2) is 10.1. The van der Waals surface area contributed by atoms with E-state index in [-0.39, 0.29) is 49.8 Å². The molecule has 1 atom stereocenters. The fourth-order valence-corrected chi connectivity index (χ4v) is 4.41. The third-order valence-corrected chi connectivity index (χ3v) is 6.03. The Morgan fingerprint density at radius 1 is 1.06 bits per heavy atom. The van der Waals surface area contributed by atoms with Crippen LogP contribution in [-0.2, 0) is 21.0 Å². The second-order valence-electron chi connectivity index (χ2n) is 8.60. The molecule has 0 bridgehead atoms. The molecule has 0 aliphatic carbocycles. The van der Waals surface area contributed by atoms with E-state index in [1.807, 2.05) is 42.5 Å². The molecule has 3 aromatic rings. The van der Waals surface area contributed by atoms with Gasteiger partial charge in [0.05, 0.1) is 31.9 Å². The Balaban J connectivity index is 1.34. The first kappa shape index (κ1) is 23.4. The fourth-order valence-electron chi connectivity index (χ4n) is 4.41. The van der Waals surface area contributed by atoms with E-state index >= 15 is 0 Å². The van der Waals surface area contributed by atoms with Crippen molar-refractivity contribution in [3.63, 3.8) is 0 Å². The molecule has 1 N–H and O–H groups in total. The average molecular weight is 489 g/mol. The monoisotopic (exact) mass is 488 g/mol. The molecular formula is C25H24N6O5. The summed E-state index contributed by atoms with van der Waals surface area (Å²) in [6, 6.07) is 16.9. The lowest BCUT2D eigenvalue weighted by molar-refractivity contribution is -0.136. The molecule has 2 aromatic carbocycles. The van der Waals surface area contributed by atoms with Crippen LogP contribution in [0, 0.1) is 0 Å². The van der Waals surface area contributed by atoms with Gasteiger partial charge in [-0.05, 0) is 23.3 Å². The van der Waals surface area contributed by atoms with Crippen molar-refractivity contribution < 1.29 is 23.7 Å². The molecule has 2 saturated heterocycles. The van der Waals surface area contributed by atoms with Gasteiger partial charge < -0.3 is 14.3 Å². The number of nitrogens with one attached hydrogen (secondary N) is 1. The van der Waals surface area contributed by atoms with Crippen LogP contribution in [0.3, 0.4) is 0 Å². The molecule has 0 saturated carbocycles. The summed E-state index contributed by atoms with van der Waals surface area (Å²) in [5, 5.41) is 10.4. The van der Waals surface area contributed by atoms with Crippen molar-refractivity contribution in [2.75, 3.05) is 26.7 Å². The van der Waals surface area contributed by atoms with Gasteiger partial charge in [0, 0.05) is 12.0 Å². The summed E-state index contributed by atoms with van der Waals surface area (Å²) < 4.78 is 5.39. The fraction of sp³-hybridized carbons (Fsp3) is 0.280. The zero-order valence-corrected chi connectivity index (χ0v) is 19.6. The van der Waals surface area contributed by atoms with E-state index in [1.165, 1.54) is 7.11 Å². The highest BCUT2D eigenvalue weighted by molar-refractivity contribution is 6.01. The van der Waals surface area contributed by atoms with Crippen LogP contribution in [0.1, 0.15) is 34.5 Å². The van der Waals surface area contributed by atoms with Crippen molar-refractivity contribution >= 4 is 23.4 Å². The Bertz CT molecular complexity index is 1290. The molecule has 2 aliphatic heterocycles. The number of carbonyl (C=O) groups is 3. The van der Waals surface area contributed by atoms with Crippen LogP contribution in [-0.4, -0.2) is 70.1 Å². The predicted molar refractivity (Wildman–Crippen MR) is 127 cm³/mol. The molecule has 2 fully saturated rings. The minimum Gasteiger partial charge on any atom is -0.399 e. The summed E-state index contributed by atoms with van der Waals surface area (Å²) in [5.41, 5.74) is 3.29. The first-order valence-corrected chi connectivity index (χ1v) is 11.4. The molecule has 184 valence electrons. The van der Waals surface area contributed by atoms with E-state index in [4.69, 9.17) is 9.36 Å². The van der Waals surface area contributed by atoms with Crippen LogP contribution in [0.15, 0.2) is 64.3 Å². The standard InChI is InChI=1S/C25H24N6O5/c1-35-28-19-11-20(24-27-23(36-29-24)15-30-13-21(32)26-22(33)14-30)31(12-19)25(34)18-9-7-17(8-10-18)16-5-3-2-4-6-16/h2-10,20H,11-15H2,1H3,(H,26,32,33)/b28-19+. The molecular weight excluding hydrogens is 464 g/mol. The van der Waals surface area contributed by atoms with Crippen molar-refractivity contribution in [3.05, 3.63) is 71.9 Å². The van der Waals surface area contributed by atoms with E-state index in [9.17, 15) is 14.4 Å². The molecule has 36 heavy (non-hydrogen) atoms. The van der Waals surface area contributed by atoms with Crippen molar-refractivity contribution in [3.8, 4) is 11.1 Å². The van der Waals surface area contributed by atoms with Gasteiger partial charge in [0.25, 0.3) is 5.91 Å². The number of nitrogens with zero attached hydrogens (tertiary/aromatic N) is 5. The number of hydrogen-bond donors (Lipinski definition) is 1. The molecule has 1 aromatic heterocycles. The zero-order valence-electron chi connectivity index (χ0n) is 19.6. The summed E-state index contributed by atoms with van der Waals surface area (Å²) in [6.45, 7) is 0.525. The summed E-state index contributed by atoms with van der Waals surface area (Å²) in [5.74, 6) is -0.363. The van der Waals surface area contributed by atoms with E-state index in [0.717, 1.165) is 11.1 Å². The van der Waals surface area contributed by atoms with Gasteiger partial charge in [-0.2, -0.15) is 4.98 Å². The van der Waals surface area contributed by atoms with Crippen LogP contribution in [0.25, 0.3) is 11.1 Å². The lowest BCUT2D eigenvalue weighted by Crippen LogP contribution is -2.50. The normalized spacial score (nSPS) is 19.5. The SMILES string of the molecule is CO/N=C1\CC(c2noc(CN3CC(=O)NC(=O)C3)n2)N(C(=O)c2ccc(-c3ccccc3)cc2)C1. The van der Waals surface area contributed by atoms with E-state index in [1.54, 1.807) is 21.9 Å². The summed E-state index contributed by atoms with van der Waals surface area (Å²) in [4.78, 5) is 49.4. The summed E-state index contributed by atoms with van der Waals surface area (Å²) in [6.07, 6.45) is 0.394. The molecule has 11 nitrogen and oxygen atoms in total. The predicted octanol–water partition coefficient (Wildman–Crippen LogP) is 1.78. The van der Waals surface area contributed by atoms with Gasteiger partial charge in [-0.1, -0.05) is 52.8 Å². The number of piperazine rings is 1. The van der Waals surface area contributed by atoms with Gasteiger partial charge in [0.15, 0.2) is 5.82 Å². The Labute approximate surface area is 206 Å². The number of oxime groups is 1. The maximum Gasteiger partial charge on any atom is 0.254 e. The largest absolute Gasteiger partial charge is 0.399 e. The first-order chi connectivity index (χ1) is 17.5. The average Bonchev–Trinajstić information content (AvgIpc) is 3.51. The number of benzene rings is 2. The Morgan fingerprint density at radius 2 is 1.75 bits per heavy atom. The third-order valence-electron chi connectivity index (χ3n) is 6.03. The lowest BCUT2D eigenvalue weighted by atomic mass is 10.0. The molecule has 0 radical (unpaired) electrons. The summed E-state index contributed by atoms with van der Waals surface area (Å²) >= 11 is 0. The highest BCUT2D eigenvalue weighted by atomic mass is 16.6. The number of likely N-dealkylation sites (tertiary alicyclic amines) is 1. The molecule has 2 aliphatic rings. The van der Waals surface area contributed by atoms with Gasteiger partial charge in [0.1, 0.15) is 13.2 Å². The minimum absolute atomic E-state index is 0.0567. The topological polar surface area (TPSA) is 130 Å². The van der Waals surface area contributed by atoms with Crippen LogP contribution >= 0.6 is 0 Å². The molecule has 11 heteroatoms. The minimum atomic E-state index is -0.496. The number of carbonyl (C=O) groups excluding carboxylic acids is 3. The lowest BCUT2D eigenvalue weighted by Gasteiger charge is -2.23. The van der Waals surface area contributed by atoms with Crippen molar-refractivity contribution in [2.45, 2.75) is 19.0 Å². The quantitative estimate of drug-likeness (QED) is 0.411. The molecule has 5 rings (SSSR count). The zero-order chi connectivity index (χ0) is 25.1. The first-order valence-electron chi connectivity index (χ1n) is 11.4. The number of aromatic nitrogens is 2. The number of hydrogen-bond acceptors (Lipinski definition) is 9. The van der Waals surface area contributed by atoms with Crippen LogP contribution < -0.4 is 5.32 Å². The molecule has 0 spiro atoms. The molecule has 3 heterocycles. The Morgan fingerprint density at radius 3 is 2.44 bits per heavy atom. The smallest absolute Gasteiger partial charge is 0.254 e. The van der Waals surface area contributed by atoms with Crippen LogP contribution in [0.4, 0.5) is 0 Å². The third kappa shape index (κ3) is 5.01. The Hall–Kier alpha value is -4.38. The van der Waals surface area contributed by atoms with Crippen molar-refractivity contribution in [2.24, 2.45) is 5.16 Å². The highest BCUT2D eigenvalue weighted by Crippen LogP contribution is 2.31. The second-order valence-corrected chi connectivity index (χ2v) is 8.60. The Kier molecular flexibility index (Phi) is 6.54. The highest BCUT2D eigenvalue weighted by Gasteiger charge is 2.38. The van der Waals surface area contributed by atoms with E-state index < -0.39 is 6.04 Å². The number of amides is 3. The van der Waals surface area contributed by atoms with Gasteiger partial charge in [0.2, 0.25) is 17.7 Å². The number of imide groups is 1. The van der Waals surface area contributed by atoms with Crippen LogP contribution in [0.2, 0.25) is 0 Å². The van der Waals surface area contributed by atoms with Gasteiger partial charge in [-0.3, -0.25) is 24.6 Å². The van der Waals surface area contributed by atoms with E-state index in [0.29, 0.717) is 23.5 Å². The van der Waals surface area contributed by atoms with Gasteiger partial charge >= 0.3 is 0 Å². The maximum atomic E-state index is 13.5. The van der Waals surface area contributed by atoms with Crippen molar-refractivity contribution in [1.29, 1.82) is 0 Å². The molecule has 1 unspecified atom stereocenters. The van der Waals surface area contributed by atoms with Gasteiger partial charge in [-0.15, -0.1) is 0 Å². The maximum absolute atomic E-state index is 13.5. The molecule has 3 amide bonds. The van der Waals surface area contributed by atoms with E-state index in [2.05, 4.69) is 20.6 Å². The van der Waals surface area contributed by atoms with Crippen LogP contribution in [0.5, 0.6) is 0 Å². The number of rotatable bonds is 6. The van der Waals surface area contributed by atoms with Crippen molar-refractivity contribution in [1.82, 2.24) is 25.3 Å².